The maximum atomic E-state index is 14.0. The molecule has 1 aromatic heterocycles. The molecule has 7 nitrogen and oxygen atoms in total. The van der Waals surface area contributed by atoms with Crippen molar-refractivity contribution in [1.82, 2.24) is 14.9 Å². The van der Waals surface area contributed by atoms with Crippen LogP contribution in [0.2, 0.25) is 15.1 Å². The molecule has 2 heterocycles. The topological polar surface area (TPSA) is 79.3 Å². The van der Waals surface area contributed by atoms with Gasteiger partial charge in [-0.3, -0.25) is 9.59 Å². The molecular formula is C33H34Cl3F2N5O2. The zero-order chi connectivity index (χ0) is 32.6. The molecule has 2 amide bonds. The third-order valence-electron chi connectivity index (χ3n) is 8.00. The SMILES string of the molecule is Cn1c(Cc2c(Cl)ccc(CNC(=O)C(C)(C)C)c2Cl)nc2cc(C(=O)Nc3ccc(F)c(Cl)c3)c(N3CCC(F)CC3)cc21. The highest BCUT2D eigenvalue weighted by atomic mass is 35.5. The van der Waals surface area contributed by atoms with E-state index in [1.54, 1.807) is 18.2 Å². The number of nitrogens with one attached hydrogen (secondary N) is 2. The number of rotatable bonds is 7. The Morgan fingerprint density at radius 2 is 1.73 bits per heavy atom. The Kier molecular flexibility index (Phi) is 9.63. The molecule has 0 spiro atoms. The highest BCUT2D eigenvalue weighted by Crippen LogP contribution is 2.34. The Morgan fingerprint density at radius 1 is 1.02 bits per heavy atom. The number of carbonyl (C=O) groups excluding carboxylic acids is 2. The molecule has 12 heteroatoms. The molecule has 0 atom stereocenters. The third-order valence-corrected chi connectivity index (χ3v) is 9.11. The van der Waals surface area contributed by atoms with E-state index in [9.17, 15) is 18.4 Å². The van der Waals surface area contributed by atoms with Crippen LogP contribution in [0.3, 0.4) is 0 Å². The molecule has 1 aliphatic heterocycles. The average Bonchev–Trinajstić information content (AvgIpc) is 3.29. The summed E-state index contributed by atoms with van der Waals surface area (Å²) in [4.78, 5) is 32.9. The van der Waals surface area contributed by atoms with E-state index in [0.29, 0.717) is 76.2 Å². The summed E-state index contributed by atoms with van der Waals surface area (Å²) in [5.41, 5.74) is 3.51. The van der Waals surface area contributed by atoms with Crippen LogP contribution in [0.5, 0.6) is 0 Å². The molecule has 238 valence electrons. The van der Waals surface area contributed by atoms with Gasteiger partial charge in [-0.05, 0) is 60.4 Å². The second-order valence-electron chi connectivity index (χ2n) is 12.3. The van der Waals surface area contributed by atoms with Gasteiger partial charge in [0.25, 0.3) is 5.91 Å². The fraction of sp³-hybridized carbons (Fsp3) is 0.364. The lowest BCUT2D eigenvalue weighted by Crippen LogP contribution is -2.35. The Morgan fingerprint density at radius 3 is 2.40 bits per heavy atom. The fourth-order valence-corrected chi connectivity index (χ4v) is 6.04. The van der Waals surface area contributed by atoms with Gasteiger partial charge < -0.3 is 20.1 Å². The number of aromatic nitrogens is 2. The highest BCUT2D eigenvalue weighted by Gasteiger charge is 2.26. The molecule has 4 aromatic rings. The number of alkyl halides is 1. The molecule has 3 aromatic carbocycles. The first-order valence-corrected chi connectivity index (χ1v) is 15.7. The number of fused-ring (bicyclic) bond motifs is 1. The molecule has 0 bridgehead atoms. The summed E-state index contributed by atoms with van der Waals surface area (Å²) in [5, 5.41) is 6.52. The zero-order valence-electron chi connectivity index (χ0n) is 25.4. The molecular weight excluding hydrogens is 643 g/mol. The van der Waals surface area contributed by atoms with Crippen LogP contribution < -0.4 is 15.5 Å². The van der Waals surface area contributed by atoms with E-state index in [1.165, 1.54) is 18.2 Å². The first-order chi connectivity index (χ1) is 21.2. The zero-order valence-corrected chi connectivity index (χ0v) is 27.7. The number of halogens is 5. The minimum absolute atomic E-state index is 0.0978. The maximum absolute atomic E-state index is 14.0. The molecule has 5 rings (SSSR count). The van der Waals surface area contributed by atoms with Crippen molar-refractivity contribution in [2.75, 3.05) is 23.3 Å². The number of amides is 2. The summed E-state index contributed by atoms with van der Waals surface area (Å²) >= 11 is 19.4. The summed E-state index contributed by atoms with van der Waals surface area (Å²) in [6.07, 6.45) is 0.112. The van der Waals surface area contributed by atoms with Crippen LogP contribution in [-0.2, 0) is 24.8 Å². The van der Waals surface area contributed by atoms with Gasteiger partial charge in [0.2, 0.25) is 5.91 Å². The largest absolute Gasteiger partial charge is 0.371 e. The van der Waals surface area contributed by atoms with E-state index in [-0.39, 0.29) is 17.5 Å². The number of imidazole rings is 1. The van der Waals surface area contributed by atoms with E-state index in [0.717, 1.165) is 11.1 Å². The Bertz CT molecular complexity index is 1780. The van der Waals surface area contributed by atoms with E-state index in [2.05, 4.69) is 10.6 Å². The normalized spacial score (nSPS) is 14.2. The van der Waals surface area contributed by atoms with Crippen molar-refractivity contribution in [2.24, 2.45) is 12.5 Å². The highest BCUT2D eigenvalue weighted by molar-refractivity contribution is 6.36. The molecule has 45 heavy (non-hydrogen) atoms. The number of benzene rings is 3. The lowest BCUT2D eigenvalue weighted by atomic mass is 9.95. The Labute approximate surface area is 275 Å². The molecule has 1 fully saturated rings. The van der Waals surface area contributed by atoms with E-state index >= 15 is 0 Å². The predicted octanol–water partition coefficient (Wildman–Crippen LogP) is 8.12. The van der Waals surface area contributed by atoms with Gasteiger partial charge in [-0.2, -0.15) is 0 Å². The van der Waals surface area contributed by atoms with Gasteiger partial charge in [0, 0.05) is 49.2 Å². The molecule has 0 unspecified atom stereocenters. The standard InChI is InChI=1S/C33H34Cl3F2N5O2/c1-33(2,3)32(45)39-17-18-5-7-23(34)21(30(18)36)15-29-41-26-14-22(31(44)40-20-6-8-25(38)24(35)13-20)27(16-28(26)42(29)4)43-11-9-19(37)10-12-43/h5-8,13-14,16,19H,9-12,15,17H2,1-4H3,(H,39,45)(H,40,44). The fourth-order valence-electron chi connectivity index (χ4n) is 5.28. The van der Waals surface area contributed by atoms with E-state index in [1.807, 2.05) is 43.4 Å². The van der Waals surface area contributed by atoms with E-state index in [4.69, 9.17) is 39.8 Å². The minimum atomic E-state index is -0.890. The van der Waals surface area contributed by atoms with Gasteiger partial charge in [-0.15, -0.1) is 0 Å². The van der Waals surface area contributed by atoms with Gasteiger partial charge in [0.05, 0.1) is 32.3 Å². The quantitative estimate of drug-likeness (QED) is 0.207. The predicted molar refractivity (Wildman–Crippen MR) is 177 cm³/mol. The number of anilines is 2. The molecule has 0 radical (unpaired) electrons. The van der Waals surface area contributed by atoms with Crippen LogP contribution in [0, 0.1) is 11.2 Å². The third kappa shape index (κ3) is 7.21. The van der Waals surface area contributed by atoms with Crippen LogP contribution in [0.1, 0.15) is 60.9 Å². The number of aryl methyl sites for hydroxylation is 1. The van der Waals surface area contributed by atoms with Crippen LogP contribution >= 0.6 is 34.8 Å². The number of hydrogen-bond acceptors (Lipinski definition) is 4. The average molecular weight is 677 g/mol. The second-order valence-corrected chi connectivity index (χ2v) is 13.5. The first kappa shape index (κ1) is 33.0. The number of nitrogens with zero attached hydrogens (tertiary/aromatic N) is 3. The molecule has 1 aliphatic rings. The summed E-state index contributed by atoms with van der Waals surface area (Å²) in [5.74, 6) is -0.465. The van der Waals surface area contributed by atoms with Crippen molar-refractivity contribution in [2.45, 2.75) is 52.8 Å². The molecule has 2 N–H and O–H groups in total. The lowest BCUT2D eigenvalue weighted by molar-refractivity contribution is -0.128. The van der Waals surface area contributed by atoms with Crippen molar-refractivity contribution >= 4 is 69.0 Å². The van der Waals surface area contributed by atoms with Crippen molar-refractivity contribution < 1.29 is 18.4 Å². The number of piperidine rings is 1. The number of carbonyl (C=O) groups is 2. The minimum Gasteiger partial charge on any atom is -0.371 e. The Balaban J connectivity index is 1.50. The van der Waals surface area contributed by atoms with Crippen LogP contribution in [0.15, 0.2) is 42.5 Å². The molecule has 0 aliphatic carbocycles. The molecule has 0 saturated carbocycles. The first-order valence-electron chi connectivity index (χ1n) is 14.6. The van der Waals surface area contributed by atoms with Crippen molar-refractivity contribution in [3.63, 3.8) is 0 Å². The Hall–Kier alpha value is -3.40. The van der Waals surface area contributed by atoms with Crippen molar-refractivity contribution in [3.8, 4) is 0 Å². The molecule has 1 saturated heterocycles. The summed E-state index contributed by atoms with van der Waals surface area (Å²) < 4.78 is 29.7. The van der Waals surface area contributed by atoms with Gasteiger partial charge >= 0.3 is 0 Å². The second kappa shape index (κ2) is 13.1. The van der Waals surface area contributed by atoms with Gasteiger partial charge in [-0.25, -0.2) is 13.8 Å². The van der Waals surface area contributed by atoms with E-state index < -0.39 is 23.3 Å². The van der Waals surface area contributed by atoms with Crippen molar-refractivity contribution in [3.05, 3.63) is 85.9 Å². The maximum Gasteiger partial charge on any atom is 0.257 e. The monoisotopic (exact) mass is 675 g/mol. The van der Waals surface area contributed by atoms with Crippen molar-refractivity contribution in [1.29, 1.82) is 0 Å². The van der Waals surface area contributed by atoms with Crippen LogP contribution in [-0.4, -0.2) is 40.6 Å². The van der Waals surface area contributed by atoms with Gasteiger partial charge in [0.1, 0.15) is 17.8 Å². The van der Waals surface area contributed by atoms with Gasteiger partial charge in [-0.1, -0.05) is 61.6 Å². The summed E-state index contributed by atoms with van der Waals surface area (Å²) in [7, 11) is 1.87. The van der Waals surface area contributed by atoms with Crippen LogP contribution in [0.25, 0.3) is 11.0 Å². The smallest absolute Gasteiger partial charge is 0.257 e. The lowest BCUT2D eigenvalue weighted by Gasteiger charge is -2.32. The van der Waals surface area contributed by atoms with Gasteiger partial charge in [0.15, 0.2) is 0 Å². The number of hydrogen-bond donors (Lipinski definition) is 2. The summed E-state index contributed by atoms with van der Waals surface area (Å²) in [6.45, 7) is 6.66. The van der Waals surface area contributed by atoms with Crippen LogP contribution in [0.4, 0.5) is 20.2 Å². The summed E-state index contributed by atoms with van der Waals surface area (Å²) in [6, 6.07) is 11.1.